The summed E-state index contributed by atoms with van der Waals surface area (Å²) in [4.78, 5) is 0. The molecule has 0 atom stereocenters. The Balaban J connectivity index is 3.17. The van der Waals surface area contributed by atoms with E-state index in [2.05, 4.69) is 0 Å². The molecule has 0 heterocycles. The van der Waals surface area contributed by atoms with E-state index in [1.165, 1.54) is 0 Å². The Morgan fingerprint density at radius 3 is 1.83 bits per heavy atom. The Morgan fingerprint density at radius 2 is 1.83 bits per heavy atom. The standard InChI is InChI=1S/C3H10ClNSi/c1-6(2,4)3-5/h3,5H2,1-2H3. The smallest absolute Gasteiger partial charge is 0.163 e. The van der Waals surface area contributed by atoms with Gasteiger partial charge in [0.2, 0.25) is 0 Å². The Labute approximate surface area is 44.2 Å². The predicted molar refractivity (Wildman–Crippen MR) is 32.4 cm³/mol. The minimum Gasteiger partial charge on any atom is -0.332 e. The first kappa shape index (κ1) is 6.47. The summed E-state index contributed by atoms with van der Waals surface area (Å²) in [5.74, 6) is 0. The first-order valence-corrected chi connectivity index (χ1v) is 6.17. The average Bonchev–Trinajstić information content (AvgIpc) is 1.35. The quantitative estimate of drug-likeness (QED) is 0.408. The molecule has 38 valence electrons. The molecule has 0 aliphatic heterocycles. The van der Waals surface area contributed by atoms with Crippen molar-refractivity contribution in [3.8, 4) is 0 Å². The zero-order valence-corrected chi connectivity index (χ0v) is 5.92. The van der Waals surface area contributed by atoms with E-state index in [0.717, 1.165) is 0 Å². The van der Waals surface area contributed by atoms with Gasteiger partial charge in [-0.25, -0.2) is 0 Å². The van der Waals surface area contributed by atoms with Gasteiger partial charge in [-0.1, -0.05) is 13.1 Å². The second kappa shape index (κ2) is 1.96. The molecule has 0 saturated heterocycles. The highest BCUT2D eigenvalue weighted by atomic mass is 35.6. The second-order valence-corrected chi connectivity index (χ2v) is 8.84. The van der Waals surface area contributed by atoms with Gasteiger partial charge in [-0.2, -0.15) is 11.1 Å². The molecule has 6 heavy (non-hydrogen) atoms. The predicted octanol–water partition coefficient (Wildman–Crippen LogP) is 0.928. The lowest BCUT2D eigenvalue weighted by Crippen LogP contribution is -2.29. The molecule has 0 spiro atoms. The van der Waals surface area contributed by atoms with Crippen LogP contribution < -0.4 is 5.73 Å². The van der Waals surface area contributed by atoms with Gasteiger partial charge in [0.15, 0.2) is 7.38 Å². The van der Waals surface area contributed by atoms with E-state index in [4.69, 9.17) is 16.8 Å². The van der Waals surface area contributed by atoms with Crippen LogP contribution >= 0.6 is 11.1 Å². The van der Waals surface area contributed by atoms with E-state index in [0.29, 0.717) is 6.17 Å². The Morgan fingerprint density at radius 1 is 1.67 bits per heavy atom. The van der Waals surface area contributed by atoms with Crippen molar-refractivity contribution in [2.45, 2.75) is 13.1 Å². The van der Waals surface area contributed by atoms with Crippen molar-refractivity contribution in [1.29, 1.82) is 0 Å². The van der Waals surface area contributed by atoms with Gasteiger partial charge in [-0.15, -0.1) is 0 Å². The molecule has 0 aromatic rings. The largest absolute Gasteiger partial charge is 0.332 e. The molecular weight excluding hydrogens is 114 g/mol. The van der Waals surface area contributed by atoms with Gasteiger partial charge in [0.25, 0.3) is 0 Å². The van der Waals surface area contributed by atoms with Crippen molar-refractivity contribution in [2.24, 2.45) is 5.73 Å². The van der Waals surface area contributed by atoms with Crippen LogP contribution in [0.3, 0.4) is 0 Å². The first-order chi connectivity index (χ1) is 2.56. The van der Waals surface area contributed by atoms with Crippen LogP contribution in [0.2, 0.25) is 13.1 Å². The van der Waals surface area contributed by atoms with Crippen LogP contribution in [0.5, 0.6) is 0 Å². The summed E-state index contributed by atoms with van der Waals surface area (Å²) in [6, 6.07) is 0. The summed E-state index contributed by atoms with van der Waals surface area (Å²) < 4.78 is 0. The van der Waals surface area contributed by atoms with Gasteiger partial charge in [0.1, 0.15) is 0 Å². The van der Waals surface area contributed by atoms with Crippen LogP contribution in [-0.2, 0) is 0 Å². The van der Waals surface area contributed by atoms with Crippen LogP contribution in [0.15, 0.2) is 0 Å². The lowest BCUT2D eigenvalue weighted by Gasteiger charge is -2.05. The third-order valence-electron chi connectivity index (χ3n) is 0.485. The molecule has 0 aromatic heterocycles. The van der Waals surface area contributed by atoms with E-state index in [1.54, 1.807) is 0 Å². The molecule has 0 bridgehead atoms. The van der Waals surface area contributed by atoms with Crippen LogP contribution in [0.4, 0.5) is 0 Å². The Kier molecular flexibility index (Phi) is 2.11. The van der Waals surface area contributed by atoms with E-state index in [-0.39, 0.29) is 0 Å². The van der Waals surface area contributed by atoms with E-state index < -0.39 is 7.38 Å². The Bertz CT molecular complexity index is 40.5. The normalized spacial score (nSPS) is 12.0. The number of nitrogens with two attached hydrogens (primary N) is 1. The molecule has 0 radical (unpaired) electrons. The van der Waals surface area contributed by atoms with E-state index >= 15 is 0 Å². The number of rotatable bonds is 1. The maximum absolute atomic E-state index is 5.73. The Hall–Kier alpha value is 0.467. The highest BCUT2D eigenvalue weighted by Gasteiger charge is 2.11. The molecule has 3 heteroatoms. The third-order valence-corrected chi connectivity index (χ3v) is 1.92. The van der Waals surface area contributed by atoms with Gasteiger partial charge in [-0.05, 0) is 0 Å². The summed E-state index contributed by atoms with van der Waals surface area (Å²) in [6.07, 6.45) is 0.675. The molecule has 0 fully saturated rings. The van der Waals surface area contributed by atoms with Crippen molar-refractivity contribution in [3.05, 3.63) is 0 Å². The SMILES string of the molecule is C[Si](C)(Cl)CN. The van der Waals surface area contributed by atoms with Gasteiger partial charge in [-0.3, -0.25) is 0 Å². The van der Waals surface area contributed by atoms with Gasteiger partial charge in [0.05, 0.1) is 0 Å². The van der Waals surface area contributed by atoms with E-state index in [9.17, 15) is 0 Å². The monoisotopic (exact) mass is 123 g/mol. The zero-order chi connectivity index (χ0) is 5.21. The van der Waals surface area contributed by atoms with Crippen LogP contribution in [0, 0.1) is 0 Å². The molecule has 0 aromatic carbocycles. The van der Waals surface area contributed by atoms with Crippen molar-refractivity contribution in [1.82, 2.24) is 0 Å². The lowest BCUT2D eigenvalue weighted by molar-refractivity contribution is 1.32. The highest BCUT2D eigenvalue weighted by molar-refractivity contribution is 7.19. The summed E-state index contributed by atoms with van der Waals surface area (Å²) in [5.41, 5.74) is 5.24. The minimum atomic E-state index is -1.38. The maximum atomic E-state index is 5.73. The zero-order valence-electron chi connectivity index (χ0n) is 4.16. The number of halogens is 1. The van der Waals surface area contributed by atoms with Crippen molar-refractivity contribution < 1.29 is 0 Å². The van der Waals surface area contributed by atoms with Gasteiger partial charge in [0, 0.05) is 6.17 Å². The fourth-order valence-electron chi connectivity index (χ4n) is 0. The molecule has 0 rings (SSSR count). The molecule has 2 N–H and O–H groups in total. The molecule has 1 nitrogen and oxygen atoms in total. The van der Waals surface area contributed by atoms with Crippen LogP contribution in [-0.4, -0.2) is 13.6 Å². The van der Waals surface area contributed by atoms with Crippen molar-refractivity contribution in [2.75, 3.05) is 6.17 Å². The summed E-state index contributed by atoms with van der Waals surface area (Å²) in [7, 11) is -1.38. The van der Waals surface area contributed by atoms with E-state index in [1.807, 2.05) is 13.1 Å². The van der Waals surface area contributed by atoms with Gasteiger partial charge >= 0.3 is 0 Å². The second-order valence-electron chi connectivity index (χ2n) is 1.92. The maximum Gasteiger partial charge on any atom is 0.163 e. The van der Waals surface area contributed by atoms with Crippen LogP contribution in [0.1, 0.15) is 0 Å². The number of hydrogen-bond acceptors (Lipinski definition) is 1. The fraction of sp³-hybridized carbons (Fsp3) is 1.00. The molecule has 0 aliphatic rings. The molecule has 0 aliphatic carbocycles. The van der Waals surface area contributed by atoms with Gasteiger partial charge < -0.3 is 5.73 Å². The summed E-state index contributed by atoms with van der Waals surface area (Å²) in [5, 5.41) is 0. The molecular formula is C3H10ClNSi. The average molecular weight is 124 g/mol. The first-order valence-electron chi connectivity index (χ1n) is 1.95. The molecule has 0 saturated carbocycles. The lowest BCUT2D eigenvalue weighted by atomic mass is 11.5. The molecule has 0 unspecified atom stereocenters. The third kappa shape index (κ3) is 4.47. The summed E-state index contributed by atoms with van der Waals surface area (Å²) >= 11 is 5.73. The summed E-state index contributed by atoms with van der Waals surface area (Å²) in [6.45, 7) is 4.04. The van der Waals surface area contributed by atoms with Crippen molar-refractivity contribution in [3.63, 3.8) is 0 Å². The number of hydrogen-bond donors (Lipinski definition) is 1. The van der Waals surface area contributed by atoms with Crippen molar-refractivity contribution >= 4 is 18.5 Å². The topological polar surface area (TPSA) is 26.0 Å². The fourth-order valence-corrected chi connectivity index (χ4v) is 0. The highest BCUT2D eigenvalue weighted by Crippen LogP contribution is 2.02. The van der Waals surface area contributed by atoms with Crippen LogP contribution in [0.25, 0.3) is 0 Å². The molecule has 0 amide bonds. The minimum absolute atomic E-state index is 0.675.